The number of unbranched alkanes of at least 4 members (excludes halogenated alkanes) is 6. The van der Waals surface area contributed by atoms with Crippen LogP contribution in [0.2, 0.25) is 0 Å². The van der Waals surface area contributed by atoms with Crippen molar-refractivity contribution in [1.82, 2.24) is 9.97 Å². The van der Waals surface area contributed by atoms with Crippen LogP contribution < -0.4 is 9.47 Å². The van der Waals surface area contributed by atoms with E-state index in [2.05, 4.69) is 41.2 Å². The Bertz CT molecular complexity index is 1160. The number of hydrogen-bond donors (Lipinski definition) is 0. The van der Waals surface area contributed by atoms with Crippen molar-refractivity contribution >= 4 is 0 Å². The van der Waals surface area contributed by atoms with Gasteiger partial charge in [0, 0.05) is 18.8 Å². The Hall–Kier alpha value is -3.66. The number of ether oxygens (including phenoxy) is 2. The minimum Gasteiger partial charge on any atom is -0.457 e. The molecule has 0 bridgehead atoms. The first-order valence-electron chi connectivity index (χ1n) is 13.2. The van der Waals surface area contributed by atoms with Crippen molar-refractivity contribution < 1.29 is 9.47 Å². The molecule has 4 nitrogen and oxygen atoms in total. The molecule has 0 N–H and O–H groups in total. The zero-order chi connectivity index (χ0) is 24.8. The minimum atomic E-state index is 0.543. The van der Waals surface area contributed by atoms with Crippen LogP contribution in [0.1, 0.15) is 68.7 Å². The summed E-state index contributed by atoms with van der Waals surface area (Å²) in [5.74, 6) is 2.95. The zero-order valence-corrected chi connectivity index (χ0v) is 21.2. The zero-order valence-electron chi connectivity index (χ0n) is 21.2. The highest BCUT2D eigenvalue weighted by Crippen LogP contribution is 2.26. The van der Waals surface area contributed by atoms with E-state index in [0.717, 1.165) is 34.9 Å². The van der Waals surface area contributed by atoms with E-state index in [-0.39, 0.29) is 0 Å². The fourth-order valence-corrected chi connectivity index (χ4v) is 4.18. The van der Waals surface area contributed by atoms with E-state index >= 15 is 0 Å². The maximum absolute atomic E-state index is 6.12. The molecule has 4 rings (SSSR count). The number of para-hydroxylation sites is 1. The largest absolute Gasteiger partial charge is 0.457 e. The molecule has 36 heavy (non-hydrogen) atoms. The van der Waals surface area contributed by atoms with Crippen molar-refractivity contribution in [2.75, 3.05) is 0 Å². The molecule has 0 amide bonds. The molecule has 1 heterocycles. The van der Waals surface area contributed by atoms with Crippen molar-refractivity contribution in [2.45, 2.75) is 64.7 Å². The lowest BCUT2D eigenvalue weighted by Gasteiger charge is -2.10. The molecule has 4 heteroatoms. The van der Waals surface area contributed by atoms with Crippen LogP contribution in [0.25, 0.3) is 0 Å². The third-order valence-corrected chi connectivity index (χ3v) is 6.22. The van der Waals surface area contributed by atoms with Gasteiger partial charge in [-0.2, -0.15) is 0 Å². The van der Waals surface area contributed by atoms with Crippen molar-refractivity contribution in [3.05, 3.63) is 108 Å². The first kappa shape index (κ1) is 25.4. The third kappa shape index (κ3) is 8.23. The highest BCUT2D eigenvalue weighted by molar-refractivity contribution is 5.37. The molecule has 0 fully saturated rings. The average Bonchev–Trinajstić information content (AvgIpc) is 2.92. The summed E-state index contributed by atoms with van der Waals surface area (Å²) in [5, 5.41) is 0. The Kier molecular flexibility index (Phi) is 9.91. The Balaban J connectivity index is 1.29. The summed E-state index contributed by atoms with van der Waals surface area (Å²) in [6, 6.07) is 26.2. The monoisotopic (exact) mass is 480 g/mol. The van der Waals surface area contributed by atoms with Gasteiger partial charge in [0.25, 0.3) is 0 Å². The van der Waals surface area contributed by atoms with Gasteiger partial charge in [-0.1, -0.05) is 87.9 Å². The summed E-state index contributed by atoms with van der Waals surface area (Å²) in [5.41, 5.74) is 3.28. The number of aryl methyl sites for hydroxylation is 1. The predicted octanol–water partition coefficient (Wildman–Crippen LogP) is 8.95. The Morgan fingerprint density at radius 2 is 1.14 bits per heavy atom. The molecule has 0 saturated carbocycles. The second-order valence-corrected chi connectivity index (χ2v) is 9.16. The first-order chi connectivity index (χ1) is 17.8. The van der Waals surface area contributed by atoms with E-state index in [1.807, 2.05) is 54.6 Å². The lowest BCUT2D eigenvalue weighted by molar-refractivity contribution is 0.453. The quantitative estimate of drug-likeness (QED) is 0.169. The van der Waals surface area contributed by atoms with Crippen LogP contribution >= 0.6 is 0 Å². The van der Waals surface area contributed by atoms with Gasteiger partial charge in [-0.25, -0.2) is 4.98 Å². The molecule has 0 unspecified atom stereocenters. The van der Waals surface area contributed by atoms with Gasteiger partial charge in [-0.3, -0.25) is 4.98 Å². The van der Waals surface area contributed by atoms with Crippen molar-refractivity contribution in [1.29, 1.82) is 0 Å². The van der Waals surface area contributed by atoms with Crippen molar-refractivity contribution in [3.63, 3.8) is 0 Å². The van der Waals surface area contributed by atoms with E-state index in [1.165, 1.54) is 50.5 Å². The normalized spacial score (nSPS) is 10.8. The summed E-state index contributed by atoms with van der Waals surface area (Å²) >= 11 is 0. The Morgan fingerprint density at radius 3 is 1.86 bits per heavy atom. The molecule has 0 radical (unpaired) electrons. The molecule has 186 valence electrons. The second kappa shape index (κ2) is 14.0. The van der Waals surface area contributed by atoms with Crippen LogP contribution in [-0.4, -0.2) is 9.97 Å². The van der Waals surface area contributed by atoms with Gasteiger partial charge in [0.15, 0.2) is 0 Å². The molecule has 3 aromatic carbocycles. The fourth-order valence-electron chi connectivity index (χ4n) is 4.18. The maximum Gasteiger partial charge on any atom is 0.241 e. The molecule has 4 aromatic rings. The van der Waals surface area contributed by atoms with Gasteiger partial charge in [0.05, 0.1) is 0 Å². The van der Waals surface area contributed by atoms with Crippen molar-refractivity contribution in [3.8, 4) is 23.1 Å². The Labute approximate surface area is 215 Å². The Morgan fingerprint density at radius 1 is 0.556 bits per heavy atom. The average molecular weight is 481 g/mol. The number of nitrogens with zero attached hydrogens (tertiary/aromatic N) is 2. The fraction of sp³-hybridized carbons (Fsp3) is 0.312. The predicted molar refractivity (Wildman–Crippen MR) is 146 cm³/mol. The maximum atomic E-state index is 6.12. The van der Waals surface area contributed by atoms with Gasteiger partial charge in [0.1, 0.15) is 22.9 Å². The molecule has 0 saturated heterocycles. The van der Waals surface area contributed by atoms with Crippen LogP contribution in [0.15, 0.2) is 91.3 Å². The topological polar surface area (TPSA) is 44.2 Å². The minimum absolute atomic E-state index is 0.543. The lowest BCUT2D eigenvalue weighted by Crippen LogP contribution is -1.99. The summed E-state index contributed by atoms with van der Waals surface area (Å²) in [7, 11) is 0. The van der Waals surface area contributed by atoms with Gasteiger partial charge in [-0.05, 0) is 60.4 Å². The summed E-state index contributed by atoms with van der Waals surface area (Å²) in [4.78, 5) is 8.98. The van der Waals surface area contributed by atoms with Crippen LogP contribution in [0.3, 0.4) is 0 Å². The molecule has 1 aromatic heterocycles. The SMILES string of the molecule is CCCCCCCCCc1ccc(Oc2nccnc2Cc2ccc(Oc3ccccc3)cc2)cc1. The molecular weight excluding hydrogens is 444 g/mol. The lowest BCUT2D eigenvalue weighted by atomic mass is 10.0. The molecule has 0 aliphatic rings. The third-order valence-electron chi connectivity index (χ3n) is 6.22. The van der Waals surface area contributed by atoms with Crippen LogP contribution in [-0.2, 0) is 12.8 Å². The molecule has 0 aliphatic heterocycles. The van der Waals surface area contributed by atoms with Crippen LogP contribution in [0.5, 0.6) is 23.1 Å². The number of aromatic nitrogens is 2. The highest BCUT2D eigenvalue weighted by Gasteiger charge is 2.10. The summed E-state index contributed by atoms with van der Waals surface area (Å²) in [6.07, 6.45) is 14.4. The van der Waals surface area contributed by atoms with E-state index < -0.39 is 0 Å². The van der Waals surface area contributed by atoms with Gasteiger partial charge >= 0.3 is 0 Å². The number of rotatable bonds is 14. The van der Waals surface area contributed by atoms with Crippen molar-refractivity contribution in [2.24, 2.45) is 0 Å². The van der Waals surface area contributed by atoms with Crippen LogP contribution in [0.4, 0.5) is 0 Å². The summed E-state index contributed by atoms with van der Waals surface area (Å²) < 4.78 is 12.0. The standard InChI is InChI=1S/C32H36N2O2/c1-2-3-4-5-6-7-9-12-26-15-19-30(20-16-26)36-32-31(33-23-24-34-32)25-27-17-21-29(22-18-27)35-28-13-10-8-11-14-28/h8,10-11,13-24H,2-7,9,12,25H2,1H3. The second-order valence-electron chi connectivity index (χ2n) is 9.16. The first-order valence-corrected chi connectivity index (χ1v) is 13.2. The molecule has 0 atom stereocenters. The van der Waals surface area contributed by atoms with Gasteiger partial charge in [-0.15, -0.1) is 0 Å². The number of hydrogen-bond acceptors (Lipinski definition) is 4. The van der Waals surface area contributed by atoms with E-state index in [0.29, 0.717) is 12.3 Å². The van der Waals surface area contributed by atoms with Crippen LogP contribution in [0, 0.1) is 0 Å². The van der Waals surface area contributed by atoms with E-state index in [4.69, 9.17) is 9.47 Å². The summed E-state index contributed by atoms with van der Waals surface area (Å²) in [6.45, 7) is 2.26. The van der Waals surface area contributed by atoms with Gasteiger partial charge < -0.3 is 9.47 Å². The van der Waals surface area contributed by atoms with E-state index in [1.54, 1.807) is 12.4 Å². The van der Waals surface area contributed by atoms with Gasteiger partial charge in [0.2, 0.25) is 5.88 Å². The smallest absolute Gasteiger partial charge is 0.241 e. The molecule has 0 aliphatic carbocycles. The highest BCUT2D eigenvalue weighted by atomic mass is 16.5. The molecule has 0 spiro atoms. The molecular formula is C32H36N2O2. The number of benzene rings is 3. The van der Waals surface area contributed by atoms with E-state index in [9.17, 15) is 0 Å².